The molecule has 5 rings (SSSR count). The van der Waals surface area contributed by atoms with Crippen LogP contribution in [0.3, 0.4) is 0 Å². The number of hydrogen-bond donors (Lipinski definition) is 1. The van der Waals surface area contributed by atoms with Gasteiger partial charge >= 0.3 is 0 Å². The first-order chi connectivity index (χ1) is 18.1. The van der Waals surface area contributed by atoms with E-state index in [-0.39, 0.29) is 24.9 Å². The fourth-order valence-corrected chi connectivity index (χ4v) is 5.23. The number of fused-ring (bicyclic) bond motifs is 1. The molecular formula is C31H34N4O2. The van der Waals surface area contributed by atoms with E-state index in [2.05, 4.69) is 17.4 Å². The lowest BCUT2D eigenvalue weighted by Gasteiger charge is -2.31. The number of hydrogen-bond acceptors (Lipinski definition) is 3. The van der Waals surface area contributed by atoms with Gasteiger partial charge in [0.1, 0.15) is 12.4 Å². The Balaban J connectivity index is 1.24. The van der Waals surface area contributed by atoms with E-state index >= 15 is 0 Å². The van der Waals surface area contributed by atoms with Gasteiger partial charge in [-0.3, -0.25) is 9.59 Å². The average Bonchev–Trinajstić information content (AvgIpc) is 3.30. The molecule has 0 spiro atoms. The van der Waals surface area contributed by atoms with Crippen LogP contribution in [0.2, 0.25) is 0 Å². The SMILES string of the molecule is CN(C(=O)Cn1c(CNC(=O)Cc2ccc(-c3ccccc3)cc2)nc2ccccc21)C1CCCCC1. The molecule has 1 fully saturated rings. The maximum Gasteiger partial charge on any atom is 0.242 e. The largest absolute Gasteiger partial charge is 0.349 e. The average molecular weight is 495 g/mol. The molecule has 0 bridgehead atoms. The topological polar surface area (TPSA) is 67.2 Å². The molecule has 1 aliphatic rings. The van der Waals surface area contributed by atoms with E-state index in [1.807, 2.05) is 83.2 Å². The van der Waals surface area contributed by atoms with E-state index in [0.717, 1.165) is 40.6 Å². The highest BCUT2D eigenvalue weighted by Crippen LogP contribution is 2.23. The minimum Gasteiger partial charge on any atom is -0.349 e. The maximum absolute atomic E-state index is 13.2. The van der Waals surface area contributed by atoms with E-state index in [4.69, 9.17) is 4.98 Å². The molecule has 6 heteroatoms. The van der Waals surface area contributed by atoms with Crippen LogP contribution in [0.15, 0.2) is 78.9 Å². The van der Waals surface area contributed by atoms with Gasteiger partial charge in [-0.2, -0.15) is 0 Å². The fourth-order valence-electron chi connectivity index (χ4n) is 5.23. The third-order valence-electron chi connectivity index (χ3n) is 7.41. The van der Waals surface area contributed by atoms with Gasteiger partial charge < -0.3 is 14.8 Å². The minimum absolute atomic E-state index is 0.0725. The zero-order valence-corrected chi connectivity index (χ0v) is 21.4. The summed E-state index contributed by atoms with van der Waals surface area (Å²) >= 11 is 0. The van der Waals surface area contributed by atoms with Crippen molar-refractivity contribution in [3.8, 4) is 11.1 Å². The van der Waals surface area contributed by atoms with Crippen molar-refractivity contribution in [3.63, 3.8) is 0 Å². The summed E-state index contributed by atoms with van der Waals surface area (Å²) in [6.07, 6.45) is 6.06. The number of aromatic nitrogens is 2. The zero-order valence-electron chi connectivity index (χ0n) is 21.4. The Morgan fingerprint density at radius 3 is 2.32 bits per heavy atom. The third-order valence-corrected chi connectivity index (χ3v) is 7.41. The third kappa shape index (κ3) is 5.91. The van der Waals surface area contributed by atoms with E-state index in [0.29, 0.717) is 18.3 Å². The van der Waals surface area contributed by atoms with E-state index in [1.165, 1.54) is 19.3 Å². The van der Waals surface area contributed by atoms with Crippen LogP contribution in [-0.4, -0.2) is 39.4 Å². The summed E-state index contributed by atoms with van der Waals surface area (Å²) in [6, 6.07) is 26.4. The number of likely N-dealkylation sites (N-methyl/N-ethyl adjacent to an activating group) is 1. The van der Waals surface area contributed by atoms with Gasteiger partial charge in [-0.05, 0) is 41.7 Å². The summed E-state index contributed by atoms with van der Waals surface area (Å²) < 4.78 is 1.95. The molecule has 1 N–H and O–H groups in total. The second-order valence-electron chi connectivity index (χ2n) is 9.92. The van der Waals surface area contributed by atoms with Crippen LogP contribution in [0.5, 0.6) is 0 Å². The van der Waals surface area contributed by atoms with Crippen LogP contribution in [-0.2, 0) is 29.1 Å². The van der Waals surface area contributed by atoms with Gasteiger partial charge in [-0.25, -0.2) is 4.98 Å². The first-order valence-corrected chi connectivity index (χ1v) is 13.2. The monoisotopic (exact) mass is 494 g/mol. The number of nitrogens with zero attached hydrogens (tertiary/aromatic N) is 3. The summed E-state index contributed by atoms with van der Waals surface area (Å²) in [5.41, 5.74) is 4.97. The Kier molecular flexibility index (Phi) is 7.64. The molecular weight excluding hydrogens is 460 g/mol. The first kappa shape index (κ1) is 24.8. The molecule has 0 saturated heterocycles. The number of nitrogens with one attached hydrogen (secondary N) is 1. The lowest BCUT2D eigenvalue weighted by atomic mass is 9.94. The van der Waals surface area contributed by atoms with E-state index < -0.39 is 0 Å². The number of carbonyl (C=O) groups excluding carboxylic acids is 2. The van der Waals surface area contributed by atoms with E-state index in [1.54, 1.807) is 0 Å². The number of para-hydroxylation sites is 2. The molecule has 3 aromatic carbocycles. The predicted octanol–water partition coefficient (Wildman–Crippen LogP) is 5.35. The molecule has 1 heterocycles. The Morgan fingerprint density at radius 1 is 0.892 bits per heavy atom. The van der Waals surface area contributed by atoms with Crippen molar-refractivity contribution in [2.75, 3.05) is 7.05 Å². The number of carbonyl (C=O) groups is 2. The zero-order chi connectivity index (χ0) is 25.6. The second-order valence-corrected chi connectivity index (χ2v) is 9.92. The minimum atomic E-state index is -0.0725. The number of amides is 2. The Labute approximate surface area is 218 Å². The van der Waals surface area contributed by atoms with Crippen LogP contribution in [0.4, 0.5) is 0 Å². The molecule has 1 aliphatic carbocycles. The summed E-state index contributed by atoms with van der Waals surface area (Å²) in [6.45, 7) is 0.496. The Morgan fingerprint density at radius 2 is 1.57 bits per heavy atom. The van der Waals surface area contributed by atoms with Crippen molar-refractivity contribution in [1.82, 2.24) is 19.8 Å². The van der Waals surface area contributed by atoms with Gasteiger partial charge in [0.05, 0.1) is 24.0 Å². The lowest BCUT2D eigenvalue weighted by molar-refractivity contribution is -0.133. The molecule has 1 aromatic heterocycles. The number of rotatable bonds is 8. The molecule has 0 unspecified atom stereocenters. The molecule has 4 aromatic rings. The van der Waals surface area contributed by atoms with Crippen LogP contribution in [0.1, 0.15) is 43.5 Å². The number of imidazole rings is 1. The highest BCUT2D eigenvalue weighted by Gasteiger charge is 2.23. The molecule has 0 aliphatic heterocycles. The van der Waals surface area contributed by atoms with Gasteiger partial charge in [-0.15, -0.1) is 0 Å². The molecule has 0 atom stereocenters. The van der Waals surface area contributed by atoms with Gasteiger partial charge in [0.2, 0.25) is 11.8 Å². The van der Waals surface area contributed by atoms with Gasteiger partial charge in [-0.1, -0.05) is 86.0 Å². The summed E-state index contributed by atoms with van der Waals surface area (Å²) in [5.74, 6) is 0.706. The maximum atomic E-state index is 13.2. The number of benzene rings is 3. The van der Waals surface area contributed by atoms with Gasteiger partial charge in [0.15, 0.2) is 0 Å². The molecule has 190 valence electrons. The molecule has 0 radical (unpaired) electrons. The van der Waals surface area contributed by atoms with Crippen LogP contribution < -0.4 is 5.32 Å². The Hall–Kier alpha value is -3.93. The summed E-state index contributed by atoms with van der Waals surface area (Å²) in [5, 5.41) is 3.01. The highest BCUT2D eigenvalue weighted by molar-refractivity contribution is 5.82. The van der Waals surface area contributed by atoms with Crippen LogP contribution in [0, 0.1) is 0 Å². The van der Waals surface area contributed by atoms with Crippen LogP contribution in [0.25, 0.3) is 22.2 Å². The van der Waals surface area contributed by atoms with Crippen LogP contribution >= 0.6 is 0 Å². The predicted molar refractivity (Wildman–Crippen MR) is 147 cm³/mol. The fraction of sp³-hybridized carbons (Fsp3) is 0.323. The standard InChI is InChI=1S/C31H34N4O2/c1-34(26-12-6-3-7-13-26)31(37)22-35-28-15-9-8-14-27(28)33-29(35)21-32-30(36)20-23-16-18-25(19-17-23)24-10-4-2-5-11-24/h2,4-5,8-11,14-19,26H,3,6-7,12-13,20-22H2,1H3,(H,32,36). The van der Waals surface area contributed by atoms with Crippen molar-refractivity contribution >= 4 is 22.8 Å². The van der Waals surface area contributed by atoms with Crippen molar-refractivity contribution in [3.05, 3.63) is 90.3 Å². The lowest BCUT2D eigenvalue weighted by Crippen LogP contribution is -2.40. The highest BCUT2D eigenvalue weighted by atomic mass is 16.2. The van der Waals surface area contributed by atoms with Crippen molar-refractivity contribution < 1.29 is 9.59 Å². The molecule has 2 amide bonds. The van der Waals surface area contributed by atoms with Crippen molar-refractivity contribution in [2.24, 2.45) is 0 Å². The van der Waals surface area contributed by atoms with E-state index in [9.17, 15) is 9.59 Å². The van der Waals surface area contributed by atoms with Crippen molar-refractivity contribution in [2.45, 2.75) is 57.7 Å². The van der Waals surface area contributed by atoms with Crippen molar-refractivity contribution in [1.29, 1.82) is 0 Å². The van der Waals surface area contributed by atoms with Gasteiger partial charge in [0, 0.05) is 13.1 Å². The molecule has 6 nitrogen and oxygen atoms in total. The Bertz CT molecular complexity index is 1360. The molecule has 1 saturated carbocycles. The van der Waals surface area contributed by atoms with Gasteiger partial charge in [0.25, 0.3) is 0 Å². The smallest absolute Gasteiger partial charge is 0.242 e. The quantitative estimate of drug-likeness (QED) is 0.359. The summed E-state index contributed by atoms with van der Waals surface area (Å²) in [4.78, 5) is 32.6. The first-order valence-electron chi connectivity index (χ1n) is 13.2. The normalized spacial score (nSPS) is 14.0. The molecule has 37 heavy (non-hydrogen) atoms. The second kappa shape index (κ2) is 11.4. The summed E-state index contributed by atoms with van der Waals surface area (Å²) in [7, 11) is 1.92.